The summed E-state index contributed by atoms with van der Waals surface area (Å²) in [6, 6.07) is 5.74. The van der Waals surface area contributed by atoms with Crippen LogP contribution in [-0.2, 0) is 14.2 Å². The number of halogens is 1. The molecular formula is C14H13FO6. The number of hydrogen-bond acceptors (Lipinski definition) is 6. The van der Waals surface area contributed by atoms with Gasteiger partial charge in [-0.3, -0.25) is 0 Å². The second kappa shape index (κ2) is 4.78. The van der Waals surface area contributed by atoms with E-state index in [1.54, 1.807) is 0 Å². The molecule has 1 aromatic rings. The topological polar surface area (TPSA) is 82.1 Å². The van der Waals surface area contributed by atoms with Crippen molar-refractivity contribution in [2.24, 2.45) is 0 Å². The van der Waals surface area contributed by atoms with E-state index in [1.807, 2.05) is 0 Å². The fraction of sp³-hybridized carbons (Fsp3) is 0.429. The van der Waals surface area contributed by atoms with E-state index in [9.17, 15) is 19.1 Å². The molecule has 112 valence electrons. The van der Waals surface area contributed by atoms with Crippen molar-refractivity contribution in [3.63, 3.8) is 0 Å². The third-order valence-electron chi connectivity index (χ3n) is 3.63. The highest BCUT2D eigenvalue weighted by Crippen LogP contribution is 2.36. The van der Waals surface area contributed by atoms with E-state index in [0.717, 1.165) is 6.92 Å². The molecule has 0 spiro atoms. The summed E-state index contributed by atoms with van der Waals surface area (Å²) in [5.41, 5.74) is -2.00. The second-order valence-electron chi connectivity index (χ2n) is 5.18. The summed E-state index contributed by atoms with van der Waals surface area (Å²) in [6.07, 6.45) is -4.19. The molecule has 0 saturated carbocycles. The van der Waals surface area contributed by atoms with Crippen molar-refractivity contribution in [3.05, 3.63) is 35.4 Å². The smallest absolute Gasteiger partial charge is 0.338 e. The predicted molar refractivity (Wildman–Crippen MR) is 66.3 cm³/mol. The Bertz CT molecular complexity index is 599. The van der Waals surface area contributed by atoms with Crippen molar-refractivity contribution >= 4 is 11.9 Å². The molecule has 0 aromatic heterocycles. The number of aliphatic hydroxyl groups excluding tert-OH is 1. The molecule has 0 amide bonds. The van der Waals surface area contributed by atoms with Crippen LogP contribution in [0.4, 0.5) is 4.39 Å². The van der Waals surface area contributed by atoms with Gasteiger partial charge in [-0.1, -0.05) is 6.07 Å². The fourth-order valence-electron chi connectivity index (χ4n) is 2.39. The maximum absolute atomic E-state index is 14.4. The summed E-state index contributed by atoms with van der Waals surface area (Å²) in [7, 11) is 0. The standard InChI is InChI=1S/C14H13FO6/c1-14(15)10-9(20-13(14)18)6-19-11(16)7-3-2-4-8(5-7)12(17)21-10/h2-5,9-10,13,18H,6H2,1H3/t9-,10-,13-,14-/m1/s1. The summed E-state index contributed by atoms with van der Waals surface area (Å²) in [5, 5.41) is 9.58. The van der Waals surface area contributed by atoms with Gasteiger partial charge in [-0.05, 0) is 25.1 Å². The number of carbonyl (C=O) groups excluding carboxylic acids is 2. The first kappa shape index (κ1) is 14.0. The van der Waals surface area contributed by atoms with Gasteiger partial charge in [0.2, 0.25) is 0 Å². The molecule has 21 heavy (non-hydrogen) atoms. The zero-order chi connectivity index (χ0) is 15.2. The van der Waals surface area contributed by atoms with Crippen molar-refractivity contribution in [1.29, 1.82) is 0 Å². The quantitative estimate of drug-likeness (QED) is 0.714. The molecule has 7 heteroatoms. The van der Waals surface area contributed by atoms with Crippen molar-refractivity contribution < 1.29 is 33.3 Å². The predicted octanol–water partition coefficient (Wildman–Crippen LogP) is 0.828. The van der Waals surface area contributed by atoms with Gasteiger partial charge in [-0.2, -0.15) is 0 Å². The molecule has 2 heterocycles. The lowest BCUT2D eigenvalue weighted by atomic mass is 9.99. The van der Waals surface area contributed by atoms with Crippen LogP contribution in [0.5, 0.6) is 0 Å². The number of aliphatic hydroxyl groups is 1. The monoisotopic (exact) mass is 296 g/mol. The van der Waals surface area contributed by atoms with Crippen LogP contribution in [0.15, 0.2) is 24.3 Å². The third kappa shape index (κ3) is 2.28. The highest BCUT2D eigenvalue weighted by atomic mass is 19.1. The van der Waals surface area contributed by atoms with Gasteiger partial charge < -0.3 is 19.3 Å². The fourth-order valence-corrected chi connectivity index (χ4v) is 2.39. The largest absolute Gasteiger partial charge is 0.459 e. The van der Waals surface area contributed by atoms with E-state index in [-0.39, 0.29) is 17.7 Å². The van der Waals surface area contributed by atoms with Crippen LogP contribution in [0.1, 0.15) is 27.6 Å². The van der Waals surface area contributed by atoms with Crippen LogP contribution in [-0.4, -0.2) is 47.8 Å². The lowest BCUT2D eigenvalue weighted by Gasteiger charge is -2.26. The minimum absolute atomic E-state index is 0.0993. The summed E-state index contributed by atoms with van der Waals surface area (Å²) in [6.45, 7) is 0.747. The number of ether oxygens (including phenoxy) is 3. The van der Waals surface area contributed by atoms with Crippen LogP contribution >= 0.6 is 0 Å². The lowest BCUT2D eigenvalue weighted by Crippen LogP contribution is -2.45. The molecule has 0 radical (unpaired) electrons. The Kier molecular flexibility index (Phi) is 3.18. The van der Waals surface area contributed by atoms with Crippen LogP contribution in [0.3, 0.4) is 0 Å². The maximum Gasteiger partial charge on any atom is 0.338 e. The summed E-state index contributed by atoms with van der Waals surface area (Å²) >= 11 is 0. The van der Waals surface area contributed by atoms with E-state index in [4.69, 9.17) is 14.2 Å². The molecule has 6 nitrogen and oxygen atoms in total. The molecule has 2 aliphatic rings. The molecule has 4 atom stereocenters. The summed E-state index contributed by atoms with van der Waals surface area (Å²) < 4.78 is 29.6. The molecule has 2 aliphatic heterocycles. The van der Waals surface area contributed by atoms with Gasteiger partial charge in [0, 0.05) is 0 Å². The van der Waals surface area contributed by atoms with Gasteiger partial charge in [0.1, 0.15) is 12.7 Å². The van der Waals surface area contributed by atoms with Gasteiger partial charge in [-0.15, -0.1) is 0 Å². The van der Waals surface area contributed by atoms with Gasteiger partial charge in [-0.25, -0.2) is 14.0 Å². The highest BCUT2D eigenvalue weighted by molar-refractivity contribution is 5.95. The van der Waals surface area contributed by atoms with Crippen molar-refractivity contribution in [3.8, 4) is 0 Å². The normalized spacial score (nSPS) is 35.7. The Morgan fingerprint density at radius 3 is 2.67 bits per heavy atom. The SMILES string of the molecule is C[C@]1(F)[C@H](O)O[C@@H]2COC(=O)c3cccc(c3)C(=O)O[C@H]21. The Labute approximate surface area is 119 Å². The van der Waals surface area contributed by atoms with Crippen LogP contribution in [0.25, 0.3) is 0 Å². The average molecular weight is 296 g/mol. The van der Waals surface area contributed by atoms with E-state index in [2.05, 4.69) is 0 Å². The number of hydrogen-bond donors (Lipinski definition) is 1. The van der Waals surface area contributed by atoms with E-state index in [1.165, 1.54) is 24.3 Å². The molecule has 2 bridgehead atoms. The summed E-state index contributed by atoms with van der Waals surface area (Å²) in [5.74, 6) is -1.45. The minimum atomic E-state index is -2.29. The lowest BCUT2D eigenvalue weighted by molar-refractivity contribution is -0.144. The second-order valence-corrected chi connectivity index (χ2v) is 5.18. The maximum atomic E-state index is 14.4. The molecule has 1 saturated heterocycles. The molecular weight excluding hydrogens is 283 g/mol. The number of fused-ring (bicyclic) bond motifs is 3. The minimum Gasteiger partial charge on any atom is -0.459 e. The van der Waals surface area contributed by atoms with Crippen molar-refractivity contribution in [2.75, 3.05) is 6.61 Å². The Balaban J connectivity index is 1.99. The van der Waals surface area contributed by atoms with Crippen LogP contribution in [0.2, 0.25) is 0 Å². The molecule has 1 N–H and O–H groups in total. The number of benzene rings is 1. The van der Waals surface area contributed by atoms with E-state index >= 15 is 0 Å². The molecule has 0 aliphatic carbocycles. The van der Waals surface area contributed by atoms with E-state index in [0.29, 0.717) is 0 Å². The zero-order valence-corrected chi connectivity index (χ0v) is 11.1. The van der Waals surface area contributed by atoms with Gasteiger partial charge in [0.25, 0.3) is 0 Å². The number of cyclic esters (lactones) is 1. The number of esters is 2. The number of rotatable bonds is 0. The van der Waals surface area contributed by atoms with Crippen LogP contribution in [0, 0.1) is 0 Å². The third-order valence-corrected chi connectivity index (χ3v) is 3.63. The number of carbonyl (C=O) groups is 2. The summed E-state index contributed by atoms with van der Waals surface area (Å²) in [4.78, 5) is 23.9. The van der Waals surface area contributed by atoms with Crippen molar-refractivity contribution in [1.82, 2.24) is 0 Å². The Morgan fingerprint density at radius 2 is 1.95 bits per heavy atom. The van der Waals surface area contributed by atoms with Gasteiger partial charge in [0.15, 0.2) is 18.1 Å². The van der Waals surface area contributed by atoms with Gasteiger partial charge >= 0.3 is 11.9 Å². The first-order valence-electron chi connectivity index (χ1n) is 6.40. The van der Waals surface area contributed by atoms with Crippen LogP contribution < -0.4 is 0 Å². The Morgan fingerprint density at radius 1 is 1.29 bits per heavy atom. The Hall–Kier alpha value is -1.99. The first-order chi connectivity index (χ1) is 9.89. The first-order valence-corrected chi connectivity index (χ1v) is 6.40. The molecule has 3 rings (SSSR count). The molecule has 1 fully saturated rings. The van der Waals surface area contributed by atoms with Crippen molar-refractivity contribution in [2.45, 2.75) is 31.1 Å². The number of alkyl halides is 1. The van der Waals surface area contributed by atoms with Gasteiger partial charge in [0.05, 0.1) is 11.1 Å². The van der Waals surface area contributed by atoms with E-state index < -0.39 is 36.1 Å². The average Bonchev–Trinajstić information content (AvgIpc) is 2.67. The highest BCUT2D eigenvalue weighted by Gasteiger charge is 2.57. The zero-order valence-electron chi connectivity index (χ0n) is 11.1. The molecule has 0 unspecified atom stereocenters. The molecule has 1 aromatic carbocycles.